The maximum atomic E-state index is 3.59. The molecule has 1 heteroatoms. The third-order valence-electron chi connectivity index (χ3n) is 5.05. The van der Waals surface area contributed by atoms with E-state index in [9.17, 15) is 0 Å². The van der Waals surface area contributed by atoms with Crippen LogP contribution in [-0.4, -0.2) is 12.6 Å². The third-order valence-corrected chi connectivity index (χ3v) is 5.05. The van der Waals surface area contributed by atoms with Crippen LogP contribution in [0, 0.1) is 22.7 Å². The van der Waals surface area contributed by atoms with Crippen molar-refractivity contribution in [2.45, 2.75) is 40.7 Å². The van der Waals surface area contributed by atoms with Crippen molar-refractivity contribution in [3.05, 3.63) is 0 Å². The van der Waals surface area contributed by atoms with Crippen molar-refractivity contribution in [3.8, 4) is 0 Å². The highest BCUT2D eigenvalue weighted by Gasteiger charge is 2.64. The van der Waals surface area contributed by atoms with E-state index >= 15 is 0 Å². The molecule has 2 rings (SSSR count). The lowest BCUT2D eigenvalue weighted by atomic mass is 9.41. The van der Waals surface area contributed by atoms with Crippen LogP contribution in [0.3, 0.4) is 0 Å². The smallest absolute Gasteiger partial charge is 0.00757 e. The molecule has 0 radical (unpaired) electrons. The van der Waals surface area contributed by atoms with Gasteiger partial charge in [0.2, 0.25) is 0 Å². The van der Waals surface area contributed by atoms with Gasteiger partial charge in [-0.2, -0.15) is 0 Å². The first-order chi connectivity index (χ1) is 5.39. The van der Waals surface area contributed by atoms with E-state index in [0.29, 0.717) is 10.8 Å². The van der Waals surface area contributed by atoms with Gasteiger partial charge in [0, 0.05) is 6.04 Å². The molecular formula is C11H21N. The fourth-order valence-electron chi connectivity index (χ4n) is 3.56. The van der Waals surface area contributed by atoms with Crippen molar-refractivity contribution in [1.82, 2.24) is 5.32 Å². The van der Waals surface area contributed by atoms with Crippen LogP contribution in [-0.2, 0) is 0 Å². The fourth-order valence-corrected chi connectivity index (χ4v) is 3.56. The summed E-state index contributed by atoms with van der Waals surface area (Å²) in [6.45, 7) is 13.3. The molecular weight excluding hydrogens is 146 g/mol. The molecule has 0 aromatic rings. The van der Waals surface area contributed by atoms with E-state index in [4.69, 9.17) is 0 Å². The van der Waals surface area contributed by atoms with Crippen LogP contribution in [0.5, 0.6) is 0 Å². The van der Waals surface area contributed by atoms with Crippen molar-refractivity contribution >= 4 is 0 Å². The third kappa shape index (κ3) is 0.693. The molecule has 1 N–H and O–H groups in total. The summed E-state index contributed by atoms with van der Waals surface area (Å²) in [7, 11) is 0. The minimum Gasteiger partial charge on any atom is -0.314 e. The van der Waals surface area contributed by atoms with Gasteiger partial charge in [0.25, 0.3) is 0 Å². The molecule has 3 atom stereocenters. The minimum absolute atomic E-state index is 0.528. The zero-order valence-electron chi connectivity index (χ0n) is 8.94. The molecule has 1 nitrogen and oxygen atoms in total. The van der Waals surface area contributed by atoms with Crippen molar-refractivity contribution < 1.29 is 0 Å². The van der Waals surface area contributed by atoms with Gasteiger partial charge in [0.05, 0.1) is 0 Å². The molecule has 2 aliphatic rings. The Balaban J connectivity index is 2.28. The Hall–Kier alpha value is -0.0400. The van der Waals surface area contributed by atoms with Gasteiger partial charge in [-0.25, -0.2) is 0 Å². The van der Waals surface area contributed by atoms with Gasteiger partial charge in [-0.1, -0.05) is 27.7 Å². The number of nitrogens with one attached hydrogen (secondary N) is 1. The molecule has 12 heavy (non-hydrogen) atoms. The molecule has 0 spiro atoms. The second kappa shape index (κ2) is 2.06. The maximum Gasteiger partial charge on any atom is 0.00757 e. The summed E-state index contributed by atoms with van der Waals surface area (Å²) in [5.41, 5.74) is 1.07. The lowest BCUT2D eigenvalue weighted by Crippen LogP contribution is -2.60. The first kappa shape index (κ1) is 8.55. The van der Waals surface area contributed by atoms with Crippen LogP contribution in [0.1, 0.15) is 34.6 Å². The summed E-state index contributed by atoms with van der Waals surface area (Å²) in [6, 6.07) is 0.734. The van der Waals surface area contributed by atoms with E-state index in [-0.39, 0.29) is 0 Å². The molecule has 0 amide bonds. The topological polar surface area (TPSA) is 12.0 Å². The van der Waals surface area contributed by atoms with Crippen molar-refractivity contribution in [3.63, 3.8) is 0 Å². The first-order valence-electron chi connectivity index (χ1n) is 5.12. The predicted molar refractivity (Wildman–Crippen MR) is 52.0 cm³/mol. The molecule has 1 saturated carbocycles. The van der Waals surface area contributed by atoms with Gasteiger partial charge >= 0.3 is 0 Å². The van der Waals surface area contributed by atoms with Gasteiger partial charge in [-0.3, -0.25) is 0 Å². The summed E-state index contributed by atoms with van der Waals surface area (Å²) in [5, 5.41) is 3.59. The quantitative estimate of drug-likeness (QED) is 0.583. The van der Waals surface area contributed by atoms with Crippen molar-refractivity contribution in [1.29, 1.82) is 0 Å². The Bertz CT molecular complexity index is 205. The molecule has 0 aromatic heterocycles. The highest BCUT2D eigenvalue weighted by molar-refractivity contribution is 5.15. The van der Waals surface area contributed by atoms with E-state index in [1.54, 1.807) is 0 Å². The monoisotopic (exact) mass is 167 g/mol. The lowest BCUT2D eigenvalue weighted by Gasteiger charge is -2.63. The predicted octanol–water partition coefficient (Wildman–Crippen LogP) is 2.28. The fraction of sp³-hybridized carbons (Fsp3) is 1.00. The molecule has 1 heterocycles. The van der Waals surface area contributed by atoms with E-state index in [1.165, 1.54) is 6.54 Å². The number of hydrogen-bond acceptors (Lipinski definition) is 1. The normalized spacial score (nSPS) is 48.2. The average molecular weight is 167 g/mol. The van der Waals surface area contributed by atoms with Gasteiger partial charge in [0.1, 0.15) is 0 Å². The molecule has 0 unspecified atom stereocenters. The molecule has 0 aromatic carbocycles. The molecule has 0 bridgehead atoms. The van der Waals surface area contributed by atoms with E-state index < -0.39 is 0 Å². The number of rotatable bonds is 0. The van der Waals surface area contributed by atoms with Crippen LogP contribution < -0.4 is 5.32 Å². The Kier molecular flexibility index (Phi) is 1.47. The van der Waals surface area contributed by atoms with Crippen LogP contribution >= 0.6 is 0 Å². The van der Waals surface area contributed by atoms with Crippen LogP contribution in [0.15, 0.2) is 0 Å². The molecule has 70 valence electrons. The van der Waals surface area contributed by atoms with Gasteiger partial charge < -0.3 is 5.32 Å². The second-order valence-corrected chi connectivity index (χ2v) is 5.77. The van der Waals surface area contributed by atoms with E-state index in [0.717, 1.165) is 17.9 Å². The Morgan fingerprint density at radius 2 is 1.67 bits per heavy atom. The summed E-state index contributed by atoms with van der Waals surface area (Å²) in [4.78, 5) is 0. The van der Waals surface area contributed by atoms with Crippen LogP contribution in [0.4, 0.5) is 0 Å². The summed E-state index contributed by atoms with van der Waals surface area (Å²) in [5.74, 6) is 1.83. The van der Waals surface area contributed by atoms with Gasteiger partial charge in [0.15, 0.2) is 0 Å². The zero-order valence-corrected chi connectivity index (χ0v) is 8.94. The van der Waals surface area contributed by atoms with Crippen molar-refractivity contribution in [2.75, 3.05) is 6.54 Å². The summed E-state index contributed by atoms with van der Waals surface area (Å²) < 4.78 is 0. The SMILES string of the molecule is C[C@H]1NC[C@H]2[C@@H]1C(C)(C)C2(C)C. The zero-order chi connectivity index (χ0) is 9.15. The maximum absolute atomic E-state index is 3.59. The molecule has 1 saturated heterocycles. The highest BCUT2D eigenvalue weighted by atomic mass is 15.0. The summed E-state index contributed by atoms with van der Waals surface area (Å²) >= 11 is 0. The first-order valence-corrected chi connectivity index (χ1v) is 5.12. The number of hydrogen-bond donors (Lipinski definition) is 1. The number of fused-ring (bicyclic) bond motifs is 1. The van der Waals surface area contributed by atoms with Gasteiger partial charge in [-0.15, -0.1) is 0 Å². The largest absolute Gasteiger partial charge is 0.314 e. The molecule has 1 aliphatic heterocycles. The summed E-state index contributed by atoms with van der Waals surface area (Å²) in [6.07, 6.45) is 0. The molecule has 1 aliphatic carbocycles. The van der Waals surface area contributed by atoms with Crippen molar-refractivity contribution in [2.24, 2.45) is 22.7 Å². The van der Waals surface area contributed by atoms with Crippen LogP contribution in [0.2, 0.25) is 0 Å². The standard InChI is InChI=1S/C11H21N/c1-7-9-8(6-12-7)10(2,3)11(9,4)5/h7-9,12H,6H2,1-5H3/t7-,8+,9-/m1/s1. The Morgan fingerprint density at radius 3 is 2.17 bits per heavy atom. The van der Waals surface area contributed by atoms with E-state index in [1.807, 2.05) is 0 Å². The van der Waals surface area contributed by atoms with E-state index in [2.05, 4.69) is 39.9 Å². The Labute approximate surface area is 75.9 Å². The average Bonchev–Trinajstić information content (AvgIpc) is 2.30. The highest BCUT2D eigenvalue weighted by Crippen LogP contribution is 2.66. The second-order valence-electron chi connectivity index (χ2n) is 5.77. The van der Waals surface area contributed by atoms with Gasteiger partial charge in [-0.05, 0) is 36.1 Å². The van der Waals surface area contributed by atoms with Crippen LogP contribution in [0.25, 0.3) is 0 Å². The minimum atomic E-state index is 0.528. The lowest BCUT2D eigenvalue weighted by molar-refractivity contribution is -0.147. The molecule has 2 fully saturated rings. The Morgan fingerprint density at radius 1 is 1.08 bits per heavy atom.